The molecule has 3 aliphatic rings. The van der Waals surface area contributed by atoms with Gasteiger partial charge in [0.15, 0.2) is 0 Å². The van der Waals surface area contributed by atoms with Gasteiger partial charge < -0.3 is 9.80 Å². The first-order valence-electron chi connectivity index (χ1n) is 10.8. The number of carbonyl (C=O) groups is 2. The molecule has 1 aromatic heterocycles. The Bertz CT molecular complexity index is 1100. The standard InChI is InChI=1S/C23H25N5O4/c1-22(2)12-19(29)23(20(30)13-22)11-15-10-16(28(31)32)4-5-17(15)27-9-8-26(14-18(23)27)21-24-6-3-7-25-21/h3-7,10,18H,8-9,11-14H2,1-2H3. The first kappa shape index (κ1) is 20.5. The van der Waals surface area contributed by atoms with Gasteiger partial charge in [-0.25, -0.2) is 9.97 Å². The Morgan fingerprint density at radius 1 is 1.06 bits per heavy atom. The molecule has 1 atom stereocenters. The van der Waals surface area contributed by atoms with Gasteiger partial charge >= 0.3 is 0 Å². The number of piperazine rings is 1. The van der Waals surface area contributed by atoms with Crippen LogP contribution in [0.25, 0.3) is 0 Å². The zero-order chi connectivity index (χ0) is 22.7. The third-order valence-corrected chi connectivity index (χ3v) is 7.11. The maximum atomic E-state index is 13.7. The van der Waals surface area contributed by atoms with Crippen LogP contribution in [0.2, 0.25) is 0 Å². The Balaban J connectivity index is 1.62. The summed E-state index contributed by atoms with van der Waals surface area (Å²) in [6.45, 7) is 5.53. The summed E-state index contributed by atoms with van der Waals surface area (Å²) in [4.78, 5) is 51.2. The van der Waals surface area contributed by atoms with Gasteiger partial charge in [0.2, 0.25) is 5.95 Å². The van der Waals surface area contributed by atoms with Crippen molar-refractivity contribution in [3.8, 4) is 0 Å². The summed E-state index contributed by atoms with van der Waals surface area (Å²) in [5, 5.41) is 11.4. The van der Waals surface area contributed by atoms with E-state index in [1.807, 2.05) is 18.7 Å². The highest BCUT2D eigenvalue weighted by atomic mass is 16.6. The topological polar surface area (TPSA) is 110 Å². The predicted octanol–water partition coefficient (Wildman–Crippen LogP) is 2.58. The van der Waals surface area contributed by atoms with Crippen LogP contribution in [-0.4, -0.2) is 52.1 Å². The van der Waals surface area contributed by atoms with Crippen LogP contribution in [0.3, 0.4) is 0 Å². The number of aromatic nitrogens is 2. The predicted molar refractivity (Wildman–Crippen MR) is 118 cm³/mol. The average molecular weight is 435 g/mol. The van der Waals surface area contributed by atoms with Crippen LogP contribution in [0, 0.1) is 20.9 Å². The summed E-state index contributed by atoms with van der Waals surface area (Å²) >= 11 is 0. The van der Waals surface area contributed by atoms with E-state index in [1.54, 1.807) is 24.5 Å². The molecule has 5 rings (SSSR count). The quantitative estimate of drug-likeness (QED) is 0.402. The molecule has 1 spiro atoms. The van der Waals surface area contributed by atoms with Crippen molar-refractivity contribution < 1.29 is 14.5 Å². The molecule has 1 saturated heterocycles. The average Bonchev–Trinajstić information content (AvgIpc) is 2.76. The zero-order valence-corrected chi connectivity index (χ0v) is 18.2. The molecule has 1 unspecified atom stereocenters. The number of non-ortho nitro benzene ring substituents is 1. The van der Waals surface area contributed by atoms with E-state index in [-0.39, 0.29) is 35.1 Å². The summed E-state index contributed by atoms with van der Waals surface area (Å²) in [5.74, 6) is 0.441. The van der Waals surface area contributed by atoms with Crippen molar-refractivity contribution in [2.75, 3.05) is 29.4 Å². The molecule has 2 aliphatic heterocycles. The lowest BCUT2D eigenvalue weighted by Crippen LogP contribution is -2.69. The fraction of sp³-hybridized carbons (Fsp3) is 0.478. The lowest BCUT2D eigenvalue weighted by molar-refractivity contribution is -0.384. The van der Waals surface area contributed by atoms with Crippen LogP contribution >= 0.6 is 0 Å². The van der Waals surface area contributed by atoms with Gasteiger partial charge in [-0.15, -0.1) is 0 Å². The monoisotopic (exact) mass is 435 g/mol. The molecule has 1 saturated carbocycles. The fourth-order valence-corrected chi connectivity index (χ4v) is 5.63. The number of carbonyl (C=O) groups excluding carboxylic acids is 2. The minimum atomic E-state index is -1.22. The van der Waals surface area contributed by atoms with Gasteiger partial charge in [0.1, 0.15) is 17.0 Å². The largest absolute Gasteiger partial charge is 0.363 e. The highest BCUT2D eigenvalue weighted by molar-refractivity contribution is 6.11. The lowest BCUT2D eigenvalue weighted by Gasteiger charge is -2.56. The molecule has 0 bridgehead atoms. The third kappa shape index (κ3) is 3.06. The van der Waals surface area contributed by atoms with E-state index in [2.05, 4.69) is 14.9 Å². The van der Waals surface area contributed by atoms with E-state index in [1.165, 1.54) is 12.1 Å². The molecule has 3 heterocycles. The summed E-state index contributed by atoms with van der Waals surface area (Å²) in [6, 6.07) is 6.16. The highest BCUT2D eigenvalue weighted by Crippen LogP contribution is 2.51. The smallest absolute Gasteiger partial charge is 0.269 e. The molecule has 2 fully saturated rings. The molecule has 9 nitrogen and oxygen atoms in total. The number of rotatable bonds is 2. The van der Waals surface area contributed by atoms with Crippen LogP contribution in [-0.2, 0) is 16.0 Å². The molecule has 166 valence electrons. The second kappa shape index (κ2) is 7.08. The van der Waals surface area contributed by atoms with E-state index in [4.69, 9.17) is 0 Å². The minimum Gasteiger partial charge on any atom is -0.363 e. The number of hydrogen-bond donors (Lipinski definition) is 0. The van der Waals surface area contributed by atoms with Crippen LogP contribution in [0.1, 0.15) is 32.3 Å². The van der Waals surface area contributed by atoms with E-state index < -0.39 is 10.3 Å². The van der Waals surface area contributed by atoms with E-state index in [9.17, 15) is 19.7 Å². The van der Waals surface area contributed by atoms with E-state index in [0.29, 0.717) is 44.0 Å². The highest BCUT2D eigenvalue weighted by Gasteiger charge is 2.60. The summed E-state index contributed by atoms with van der Waals surface area (Å²) in [5.41, 5.74) is -0.0637. The van der Waals surface area contributed by atoms with Crippen molar-refractivity contribution in [3.63, 3.8) is 0 Å². The number of Topliss-reactive ketones (excluding diaryl/α,β-unsaturated/α-hetero) is 2. The second-order valence-electron chi connectivity index (χ2n) is 9.79. The Kier molecular flexibility index (Phi) is 4.54. The molecule has 0 radical (unpaired) electrons. The van der Waals surface area contributed by atoms with Gasteiger partial charge in [-0.05, 0) is 29.5 Å². The van der Waals surface area contributed by atoms with Gasteiger partial charge in [-0.3, -0.25) is 19.7 Å². The van der Waals surface area contributed by atoms with Crippen LogP contribution in [0.4, 0.5) is 17.3 Å². The Morgan fingerprint density at radius 3 is 2.41 bits per heavy atom. The first-order valence-corrected chi connectivity index (χ1v) is 10.8. The Labute approximate surface area is 185 Å². The molecule has 9 heteroatoms. The van der Waals surface area contributed by atoms with E-state index in [0.717, 1.165) is 5.69 Å². The summed E-state index contributed by atoms with van der Waals surface area (Å²) < 4.78 is 0. The van der Waals surface area contributed by atoms with Crippen molar-refractivity contribution in [2.45, 2.75) is 39.2 Å². The van der Waals surface area contributed by atoms with Crippen molar-refractivity contribution in [3.05, 3.63) is 52.3 Å². The number of ketones is 2. The third-order valence-electron chi connectivity index (χ3n) is 7.11. The first-order chi connectivity index (χ1) is 15.2. The number of nitrogens with zero attached hydrogens (tertiary/aromatic N) is 5. The fourth-order valence-electron chi connectivity index (χ4n) is 5.63. The van der Waals surface area contributed by atoms with Crippen molar-refractivity contribution in [2.24, 2.45) is 10.8 Å². The molecule has 2 aromatic rings. The number of nitro benzene ring substituents is 1. The van der Waals surface area contributed by atoms with Gasteiger partial charge in [-0.2, -0.15) is 0 Å². The van der Waals surface area contributed by atoms with Crippen molar-refractivity contribution >= 4 is 28.9 Å². The summed E-state index contributed by atoms with van der Waals surface area (Å²) in [7, 11) is 0. The maximum Gasteiger partial charge on any atom is 0.269 e. The van der Waals surface area contributed by atoms with Crippen molar-refractivity contribution in [1.29, 1.82) is 0 Å². The lowest BCUT2D eigenvalue weighted by atomic mass is 9.56. The van der Waals surface area contributed by atoms with Crippen molar-refractivity contribution in [1.82, 2.24) is 9.97 Å². The minimum absolute atomic E-state index is 0.0234. The van der Waals surface area contributed by atoms with Crippen LogP contribution in [0.5, 0.6) is 0 Å². The zero-order valence-electron chi connectivity index (χ0n) is 18.2. The van der Waals surface area contributed by atoms with Gasteiger partial charge in [0.05, 0.1) is 11.0 Å². The van der Waals surface area contributed by atoms with Crippen LogP contribution in [0.15, 0.2) is 36.7 Å². The number of fused-ring (bicyclic) bond motifs is 4. The van der Waals surface area contributed by atoms with Gasteiger partial charge in [0, 0.05) is 62.7 Å². The normalized spacial score (nSPS) is 23.6. The molecule has 32 heavy (non-hydrogen) atoms. The van der Waals surface area contributed by atoms with Gasteiger partial charge in [-0.1, -0.05) is 13.8 Å². The van der Waals surface area contributed by atoms with Gasteiger partial charge in [0.25, 0.3) is 5.69 Å². The Hall–Kier alpha value is -3.36. The number of hydrogen-bond acceptors (Lipinski definition) is 8. The molecular weight excluding hydrogens is 410 g/mol. The SMILES string of the molecule is CC1(C)CC(=O)C2(Cc3cc([N+](=O)[O-])ccc3N3CCN(c4ncccn4)CC32)C(=O)C1. The molecule has 1 aromatic carbocycles. The Morgan fingerprint density at radius 2 is 1.75 bits per heavy atom. The second-order valence-corrected chi connectivity index (χ2v) is 9.79. The van der Waals surface area contributed by atoms with Crippen LogP contribution < -0.4 is 9.80 Å². The maximum absolute atomic E-state index is 13.7. The van der Waals surface area contributed by atoms with E-state index >= 15 is 0 Å². The molecule has 1 aliphatic carbocycles. The molecule has 0 N–H and O–H groups in total. The number of benzene rings is 1. The molecular formula is C23H25N5O4. The number of anilines is 2. The number of nitro groups is 1. The molecule has 0 amide bonds. The summed E-state index contributed by atoms with van der Waals surface area (Å²) in [6.07, 6.45) is 4.19.